The van der Waals surface area contributed by atoms with E-state index in [1.165, 1.54) is 18.5 Å². The van der Waals surface area contributed by atoms with Crippen molar-refractivity contribution in [2.75, 3.05) is 11.6 Å². The fourth-order valence-corrected chi connectivity index (χ4v) is 5.02. The molecule has 1 aliphatic carbocycles. The maximum absolute atomic E-state index is 13.0. The first-order valence-corrected chi connectivity index (χ1v) is 11.6. The van der Waals surface area contributed by atoms with Crippen molar-refractivity contribution in [2.45, 2.75) is 42.9 Å². The number of benzene rings is 1. The average molecular weight is 436 g/mol. The summed E-state index contributed by atoms with van der Waals surface area (Å²) in [6.45, 7) is 0. The van der Waals surface area contributed by atoms with Crippen LogP contribution in [0.1, 0.15) is 54.1 Å². The fraction of sp³-hybridized carbons (Fsp3) is 0.400. The zero-order valence-corrected chi connectivity index (χ0v) is 17.5. The van der Waals surface area contributed by atoms with Gasteiger partial charge in [-0.25, -0.2) is 18.4 Å². The summed E-state index contributed by atoms with van der Waals surface area (Å²) < 4.78 is 23.7. The molecule has 0 spiro atoms. The molecule has 1 aromatic heterocycles. The zero-order chi connectivity index (χ0) is 21.0. The monoisotopic (exact) mass is 435 g/mol. The van der Waals surface area contributed by atoms with Crippen LogP contribution in [-0.4, -0.2) is 36.8 Å². The van der Waals surface area contributed by atoms with Gasteiger partial charge in [0.05, 0.1) is 28.2 Å². The van der Waals surface area contributed by atoms with Crippen molar-refractivity contribution in [1.82, 2.24) is 9.97 Å². The molecule has 1 heterocycles. The van der Waals surface area contributed by atoms with Gasteiger partial charge in [-0.15, -0.1) is 0 Å². The predicted octanol–water partition coefficient (Wildman–Crippen LogP) is 3.65. The number of hydrogen-bond donors (Lipinski definition) is 1. The van der Waals surface area contributed by atoms with Gasteiger partial charge in [0.1, 0.15) is 5.69 Å². The molecule has 0 bridgehead atoms. The van der Waals surface area contributed by atoms with Crippen molar-refractivity contribution < 1.29 is 18.0 Å². The van der Waals surface area contributed by atoms with E-state index < -0.39 is 15.8 Å². The van der Waals surface area contributed by atoms with Crippen molar-refractivity contribution in [2.24, 2.45) is 5.92 Å². The summed E-state index contributed by atoms with van der Waals surface area (Å²) in [5.41, 5.74) is 0.831. The molecule has 1 aliphatic rings. The highest BCUT2D eigenvalue weighted by atomic mass is 35.5. The van der Waals surface area contributed by atoms with Gasteiger partial charge < -0.3 is 5.32 Å². The third kappa shape index (κ3) is 5.39. The van der Waals surface area contributed by atoms with Crippen LogP contribution < -0.4 is 5.32 Å². The van der Waals surface area contributed by atoms with E-state index >= 15 is 0 Å². The average Bonchev–Trinajstić information content (AvgIpc) is 3.19. The number of nitrogens with zero attached hydrogens (tertiary/aromatic N) is 2. The first-order valence-electron chi connectivity index (χ1n) is 9.35. The molecule has 9 heteroatoms. The molecule has 29 heavy (non-hydrogen) atoms. The van der Waals surface area contributed by atoms with E-state index in [0.29, 0.717) is 24.2 Å². The number of carbonyl (C=O) groups excluding carboxylic acids is 2. The molecule has 1 atom stereocenters. The number of aromatic nitrogens is 2. The smallest absolute Gasteiger partial charge is 0.233 e. The largest absolute Gasteiger partial charge is 0.309 e. The third-order valence-electron chi connectivity index (χ3n) is 5.16. The number of anilines is 1. The number of sulfone groups is 1. The summed E-state index contributed by atoms with van der Waals surface area (Å²) in [6.07, 6.45) is 9.34. The molecule has 7 nitrogen and oxygen atoms in total. The second-order valence-electron chi connectivity index (χ2n) is 7.33. The predicted molar refractivity (Wildman–Crippen MR) is 110 cm³/mol. The molecule has 2 aromatic rings. The van der Waals surface area contributed by atoms with Crippen molar-refractivity contribution in [3.63, 3.8) is 0 Å². The summed E-state index contributed by atoms with van der Waals surface area (Å²) in [5.74, 6) is -0.108. The van der Waals surface area contributed by atoms with Gasteiger partial charge in [-0.2, -0.15) is 0 Å². The minimum Gasteiger partial charge on any atom is -0.309 e. The molecule has 0 saturated heterocycles. The van der Waals surface area contributed by atoms with E-state index in [-0.39, 0.29) is 27.3 Å². The number of aldehydes is 1. The maximum atomic E-state index is 13.0. The van der Waals surface area contributed by atoms with Gasteiger partial charge in [-0.05, 0) is 30.0 Å². The number of hydrogen-bond acceptors (Lipinski definition) is 6. The Morgan fingerprint density at radius 2 is 2.00 bits per heavy atom. The zero-order valence-electron chi connectivity index (χ0n) is 16.0. The van der Waals surface area contributed by atoms with Crippen molar-refractivity contribution in [3.05, 3.63) is 46.9 Å². The van der Waals surface area contributed by atoms with Crippen LogP contribution in [0.4, 0.5) is 5.82 Å². The number of halogens is 1. The standard InChI is InChI=1S/C20H22ClN3O4S/c1-29(27,28)18-7-6-14(9-17(18)21)16(8-13-4-2-3-5-13)20(26)24-19-11-22-15(12-25)10-23-19/h6-7,9-13,16H,2-5,8H2,1H3,(H,23,24,26)/t16-/m0/s1. The molecule has 1 amide bonds. The van der Waals surface area contributed by atoms with Gasteiger partial charge in [0.15, 0.2) is 21.9 Å². The second-order valence-corrected chi connectivity index (χ2v) is 9.73. The Morgan fingerprint density at radius 1 is 1.28 bits per heavy atom. The topological polar surface area (TPSA) is 106 Å². The molecule has 1 N–H and O–H groups in total. The number of carbonyl (C=O) groups is 2. The molecular weight excluding hydrogens is 414 g/mol. The lowest BCUT2D eigenvalue weighted by atomic mass is 9.87. The van der Waals surface area contributed by atoms with Crippen molar-refractivity contribution in [3.8, 4) is 0 Å². The summed E-state index contributed by atoms with van der Waals surface area (Å²) in [6, 6.07) is 4.64. The van der Waals surface area contributed by atoms with Gasteiger partial charge in [0.25, 0.3) is 0 Å². The highest BCUT2D eigenvalue weighted by molar-refractivity contribution is 7.90. The summed E-state index contributed by atoms with van der Waals surface area (Å²) in [4.78, 5) is 31.7. The molecule has 0 radical (unpaired) electrons. The van der Waals surface area contributed by atoms with Gasteiger partial charge in [0, 0.05) is 6.26 Å². The molecule has 154 valence electrons. The lowest BCUT2D eigenvalue weighted by Crippen LogP contribution is -2.24. The Labute approximate surface area is 174 Å². The van der Waals surface area contributed by atoms with Crippen LogP contribution in [0.3, 0.4) is 0 Å². The Bertz CT molecular complexity index is 1000. The van der Waals surface area contributed by atoms with E-state index in [1.54, 1.807) is 12.1 Å². The first-order chi connectivity index (χ1) is 13.8. The maximum Gasteiger partial charge on any atom is 0.233 e. The Balaban J connectivity index is 1.88. The van der Waals surface area contributed by atoms with Gasteiger partial charge in [0.2, 0.25) is 5.91 Å². The Morgan fingerprint density at radius 3 is 2.55 bits per heavy atom. The highest BCUT2D eigenvalue weighted by Gasteiger charge is 2.28. The van der Waals surface area contributed by atoms with E-state index in [2.05, 4.69) is 15.3 Å². The molecule has 0 unspecified atom stereocenters. The van der Waals surface area contributed by atoms with Gasteiger partial charge in [-0.1, -0.05) is 43.4 Å². The molecule has 1 fully saturated rings. The normalized spacial score (nSPS) is 15.8. The van der Waals surface area contributed by atoms with Gasteiger partial charge >= 0.3 is 0 Å². The first kappa shape index (κ1) is 21.4. The SMILES string of the molecule is CS(=O)(=O)c1ccc([C@H](CC2CCCC2)C(=O)Nc2cnc(C=O)cn2)cc1Cl. The molecule has 1 aromatic carbocycles. The van der Waals surface area contributed by atoms with Gasteiger partial charge in [-0.3, -0.25) is 9.59 Å². The molecule has 1 saturated carbocycles. The number of amides is 1. The fourth-order valence-electron chi connectivity index (χ4n) is 3.69. The summed E-state index contributed by atoms with van der Waals surface area (Å²) in [7, 11) is -3.45. The quantitative estimate of drug-likeness (QED) is 0.665. The van der Waals surface area contributed by atoms with Crippen LogP contribution in [0.25, 0.3) is 0 Å². The minimum atomic E-state index is -3.45. The lowest BCUT2D eigenvalue weighted by Gasteiger charge is -2.21. The number of rotatable bonds is 7. The van der Waals surface area contributed by atoms with E-state index in [4.69, 9.17) is 11.6 Å². The van der Waals surface area contributed by atoms with E-state index in [1.807, 2.05) is 0 Å². The number of nitrogens with one attached hydrogen (secondary N) is 1. The third-order valence-corrected chi connectivity index (χ3v) is 6.74. The molecular formula is C20H22ClN3O4S. The van der Waals surface area contributed by atoms with Crippen LogP contribution in [-0.2, 0) is 14.6 Å². The van der Waals surface area contributed by atoms with E-state index in [9.17, 15) is 18.0 Å². The molecule has 0 aliphatic heterocycles. The Hall–Kier alpha value is -2.32. The summed E-state index contributed by atoms with van der Waals surface area (Å²) >= 11 is 6.21. The van der Waals surface area contributed by atoms with Crippen LogP contribution >= 0.6 is 11.6 Å². The minimum absolute atomic E-state index is 0.0401. The van der Waals surface area contributed by atoms with Crippen molar-refractivity contribution >= 4 is 39.4 Å². The van der Waals surface area contributed by atoms with Crippen LogP contribution in [0, 0.1) is 5.92 Å². The highest BCUT2D eigenvalue weighted by Crippen LogP contribution is 2.36. The van der Waals surface area contributed by atoms with Crippen LogP contribution in [0.2, 0.25) is 5.02 Å². The van der Waals surface area contributed by atoms with Crippen LogP contribution in [0.5, 0.6) is 0 Å². The second kappa shape index (κ2) is 9.00. The lowest BCUT2D eigenvalue weighted by molar-refractivity contribution is -0.118. The van der Waals surface area contributed by atoms with Crippen molar-refractivity contribution in [1.29, 1.82) is 0 Å². The summed E-state index contributed by atoms with van der Waals surface area (Å²) in [5, 5.41) is 2.84. The van der Waals surface area contributed by atoms with E-state index in [0.717, 1.165) is 31.9 Å². The molecule has 3 rings (SSSR count). The Kier molecular flexibility index (Phi) is 6.64. The van der Waals surface area contributed by atoms with Crippen LogP contribution in [0.15, 0.2) is 35.5 Å².